The average Bonchev–Trinajstić information content (AvgIpc) is 3.12. The van der Waals surface area contributed by atoms with Crippen LogP contribution in [0.25, 0.3) is 21.5 Å². The molecule has 5 N–H and O–H groups in total. The lowest BCUT2D eigenvalue weighted by Gasteiger charge is -2.10. The van der Waals surface area contributed by atoms with Crippen LogP contribution in [0.5, 0.6) is 0 Å². The summed E-state index contributed by atoms with van der Waals surface area (Å²) in [5.41, 5.74) is 4.18. The molecule has 0 saturated heterocycles. The van der Waals surface area contributed by atoms with Crippen molar-refractivity contribution >= 4 is 87.8 Å². The normalized spacial score (nSPS) is 12.2. The molecule has 0 aliphatic rings. The van der Waals surface area contributed by atoms with Crippen molar-refractivity contribution in [3.63, 3.8) is 0 Å². The molecule has 0 saturated carbocycles. The van der Waals surface area contributed by atoms with E-state index in [0.29, 0.717) is 55.7 Å². The van der Waals surface area contributed by atoms with Gasteiger partial charge < -0.3 is 10.6 Å². The molecule has 1 aromatic heterocycles. The molecule has 0 aliphatic carbocycles. The second-order valence-corrected chi connectivity index (χ2v) is 15.0. The minimum Gasteiger partial charge on any atom is -0.326 e. The van der Waals surface area contributed by atoms with Crippen molar-refractivity contribution in [1.29, 1.82) is 0 Å². The number of fused-ring (bicyclic) bond motifs is 2. The predicted molar refractivity (Wildman–Crippen MR) is 207 cm³/mol. The van der Waals surface area contributed by atoms with Crippen LogP contribution < -0.4 is 16.3 Å². The number of hydrogen-bond acceptors (Lipinski definition) is 13. The predicted octanol–water partition coefficient (Wildman–Crippen LogP) is 8.90. The van der Waals surface area contributed by atoms with Gasteiger partial charge in [0.05, 0.1) is 22.7 Å². The summed E-state index contributed by atoms with van der Waals surface area (Å²) in [5.74, 6) is 0.180. The average molecular weight is 776 g/mol. The van der Waals surface area contributed by atoms with Crippen LogP contribution >= 0.6 is 0 Å². The van der Waals surface area contributed by atoms with Gasteiger partial charge in [-0.15, -0.1) is 0 Å². The van der Waals surface area contributed by atoms with Gasteiger partial charge in [0.25, 0.3) is 20.2 Å². The molecule has 0 spiro atoms. The Hall–Kier alpha value is -6.73. The number of azo groups is 2. The maximum absolute atomic E-state index is 12.4. The molecule has 16 nitrogen and oxygen atoms in total. The van der Waals surface area contributed by atoms with E-state index in [1.165, 1.54) is 24.3 Å². The summed E-state index contributed by atoms with van der Waals surface area (Å²) < 4.78 is 65.9. The fourth-order valence-corrected chi connectivity index (χ4v) is 7.16. The van der Waals surface area contributed by atoms with Crippen LogP contribution in [0.3, 0.4) is 0 Å². The number of aromatic amines is 1. The van der Waals surface area contributed by atoms with Crippen LogP contribution in [-0.4, -0.2) is 40.9 Å². The summed E-state index contributed by atoms with van der Waals surface area (Å²) >= 11 is 0. The molecule has 0 fully saturated rings. The zero-order chi connectivity index (χ0) is 38.9. The lowest BCUT2D eigenvalue weighted by atomic mass is 10.1. The monoisotopic (exact) mass is 775 g/mol. The summed E-state index contributed by atoms with van der Waals surface area (Å²) in [6, 6.07) is 29.3. The van der Waals surface area contributed by atoms with E-state index in [9.17, 15) is 30.7 Å². The quantitative estimate of drug-likeness (QED) is 0.0649. The van der Waals surface area contributed by atoms with Crippen molar-refractivity contribution in [2.24, 2.45) is 20.5 Å². The third-order valence-electron chi connectivity index (χ3n) is 8.31. The molecular formula is C37H29N9O7S2. The molecule has 1 heterocycles. The van der Waals surface area contributed by atoms with Crippen LogP contribution in [0.2, 0.25) is 0 Å². The number of nitrogens with zero attached hydrogens (tertiary/aromatic N) is 6. The van der Waals surface area contributed by atoms with Gasteiger partial charge in [0.1, 0.15) is 9.79 Å². The zero-order valence-electron chi connectivity index (χ0n) is 28.8. The fourth-order valence-electron chi connectivity index (χ4n) is 5.74. The molecule has 6 aromatic carbocycles. The van der Waals surface area contributed by atoms with Crippen molar-refractivity contribution in [2.75, 3.05) is 10.6 Å². The highest BCUT2D eigenvalue weighted by Gasteiger charge is 2.15. The van der Waals surface area contributed by atoms with E-state index in [0.717, 1.165) is 11.1 Å². The van der Waals surface area contributed by atoms with Gasteiger partial charge in [0.15, 0.2) is 0 Å². The molecule has 0 aliphatic heterocycles. The van der Waals surface area contributed by atoms with E-state index in [1.54, 1.807) is 84.9 Å². The lowest BCUT2D eigenvalue weighted by molar-refractivity contribution is 0.482. The van der Waals surface area contributed by atoms with Crippen molar-refractivity contribution in [3.05, 3.63) is 131 Å². The number of benzene rings is 6. The Morgan fingerprint density at radius 3 is 1.55 bits per heavy atom. The van der Waals surface area contributed by atoms with E-state index < -0.39 is 25.9 Å². The lowest BCUT2D eigenvalue weighted by Crippen LogP contribution is -2.16. The van der Waals surface area contributed by atoms with Crippen LogP contribution in [0.1, 0.15) is 11.1 Å². The number of aryl methyl sites for hydroxylation is 2. The van der Waals surface area contributed by atoms with Crippen molar-refractivity contribution in [3.8, 4) is 0 Å². The molecule has 276 valence electrons. The van der Waals surface area contributed by atoms with E-state index in [1.807, 2.05) is 13.8 Å². The van der Waals surface area contributed by atoms with E-state index in [-0.39, 0.29) is 21.7 Å². The van der Waals surface area contributed by atoms with Crippen LogP contribution in [0.15, 0.2) is 144 Å². The van der Waals surface area contributed by atoms with Gasteiger partial charge in [0, 0.05) is 22.1 Å². The molecule has 0 amide bonds. The Morgan fingerprint density at radius 2 is 1.07 bits per heavy atom. The van der Waals surface area contributed by atoms with Gasteiger partial charge in [0.2, 0.25) is 11.9 Å². The largest absolute Gasteiger partial charge is 0.351 e. The van der Waals surface area contributed by atoms with E-state index in [4.69, 9.17) is 0 Å². The van der Waals surface area contributed by atoms with Gasteiger partial charge in [-0.05, 0) is 109 Å². The van der Waals surface area contributed by atoms with Crippen LogP contribution in [0, 0.1) is 13.8 Å². The molecule has 0 radical (unpaired) electrons. The first kappa shape index (κ1) is 36.6. The number of nitrogens with one attached hydrogen (secondary N) is 3. The number of anilines is 4. The molecular weight excluding hydrogens is 747 g/mol. The first-order chi connectivity index (χ1) is 26.2. The summed E-state index contributed by atoms with van der Waals surface area (Å²) in [6.45, 7) is 3.67. The number of hydrogen-bond donors (Lipinski definition) is 5. The maximum atomic E-state index is 12.4. The van der Waals surface area contributed by atoms with Gasteiger partial charge in [-0.1, -0.05) is 36.4 Å². The SMILES string of the molecule is Cc1cc(Nc2nc(Nc3ccc(N=Nc4ccc5c(S(=O)(=O)O)cccc5c4)c(C)c3)[nH]c(=O)n2)ccc1N=Nc1ccc2c(S(=O)(=O)O)cccc2c1. The Balaban J connectivity index is 1.02. The van der Waals surface area contributed by atoms with E-state index >= 15 is 0 Å². The highest BCUT2D eigenvalue weighted by Crippen LogP contribution is 2.32. The topological polar surface area (TPSA) is 241 Å². The Kier molecular flexibility index (Phi) is 9.72. The van der Waals surface area contributed by atoms with Gasteiger partial charge in [-0.2, -0.15) is 47.3 Å². The molecule has 0 bridgehead atoms. The summed E-state index contributed by atoms with van der Waals surface area (Å²) in [6.07, 6.45) is 0. The number of H-pyrrole nitrogens is 1. The highest BCUT2D eigenvalue weighted by molar-refractivity contribution is 7.86. The Bertz CT molecular complexity index is 2810. The number of rotatable bonds is 10. The molecule has 7 aromatic rings. The second-order valence-electron chi connectivity index (χ2n) is 12.3. The van der Waals surface area contributed by atoms with Crippen molar-refractivity contribution in [1.82, 2.24) is 15.0 Å². The molecule has 18 heteroatoms. The van der Waals surface area contributed by atoms with Gasteiger partial charge in [-0.25, -0.2) is 4.79 Å². The first-order valence-electron chi connectivity index (χ1n) is 16.3. The fraction of sp³-hybridized carbons (Fsp3) is 0.0541. The second kappa shape index (κ2) is 14.6. The molecule has 7 rings (SSSR count). The number of aromatic nitrogens is 3. The first-order valence-corrected chi connectivity index (χ1v) is 19.2. The molecule has 0 unspecified atom stereocenters. The minimum absolute atomic E-state index is 0.0432. The smallest absolute Gasteiger partial charge is 0.326 e. The zero-order valence-corrected chi connectivity index (χ0v) is 30.5. The van der Waals surface area contributed by atoms with Crippen molar-refractivity contribution in [2.45, 2.75) is 23.6 Å². The Morgan fingerprint density at radius 1 is 0.582 bits per heavy atom. The summed E-state index contributed by atoms with van der Waals surface area (Å²) in [7, 11) is -8.76. The maximum Gasteiger partial charge on any atom is 0.351 e. The highest BCUT2D eigenvalue weighted by atomic mass is 32.2. The third kappa shape index (κ3) is 8.42. The Labute approximate surface area is 313 Å². The van der Waals surface area contributed by atoms with Crippen molar-refractivity contribution < 1.29 is 25.9 Å². The third-order valence-corrected chi connectivity index (χ3v) is 10.1. The summed E-state index contributed by atoms with van der Waals surface area (Å²) in [4.78, 5) is 23.0. The molecule has 0 atom stereocenters. The minimum atomic E-state index is -4.38. The summed E-state index contributed by atoms with van der Waals surface area (Å²) in [5, 5.41) is 25.2. The van der Waals surface area contributed by atoms with E-state index in [2.05, 4.69) is 46.0 Å². The standard InChI is InChI=1S/C37H29N9O7S2/c1-21-17-25(11-15-31(21)45-43-27-9-13-29-23(19-27)5-3-7-33(29)54(48,49)50)38-35-40-36(42-37(47)41-35)39-26-12-16-32(22(2)18-26)46-44-28-10-14-30-24(20-28)6-4-8-34(30)55(51,52)53/h3-20H,1-2H3,(H,48,49,50)(H,51,52,53)(H3,38,39,40,41,42,47). The van der Waals surface area contributed by atoms with Crippen LogP contribution in [0.4, 0.5) is 46.0 Å². The van der Waals surface area contributed by atoms with Gasteiger partial charge >= 0.3 is 5.69 Å². The molecule has 55 heavy (non-hydrogen) atoms. The van der Waals surface area contributed by atoms with Crippen LogP contribution in [-0.2, 0) is 20.2 Å². The van der Waals surface area contributed by atoms with Gasteiger partial charge in [-0.3, -0.25) is 14.1 Å².